The topological polar surface area (TPSA) is 29.5 Å². The van der Waals surface area contributed by atoms with Gasteiger partial charge >= 0.3 is 0 Å². The van der Waals surface area contributed by atoms with E-state index in [1.807, 2.05) is 24.3 Å². The Kier molecular flexibility index (Phi) is 7.17. The van der Waals surface area contributed by atoms with Crippen molar-refractivity contribution in [2.75, 3.05) is 6.61 Å². The van der Waals surface area contributed by atoms with Crippen LogP contribution in [0.3, 0.4) is 0 Å². The first-order chi connectivity index (χ1) is 8.76. The second-order valence-corrected chi connectivity index (χ2v) is 4.38. The lowest BCUT2D eigenvalue weighted by Crippen LogP contribution is -2.07. The Hall–Kier alpha value is -1.30. The van der Waals surface area contributed by atoms with Crippen molar-refractivity contribution in [2.24, 2.45) is 0 Å². The fourth-order valence-corrected chi connectivity index (χ4v) is 1.63. The van der Waals surface area contributed by atoms with Gasteiger partial charge in [0.2, 0.25) is 0 Å². The van der Waals surface area contributed by atoms with Gasteiger partial charge in [-0.1, -0.05) is 37.3 Å². The highest BCUT2D eigenvalue weighted by Crippen LogP contribution is 2.08. The van der Waals surface area contributed by atoms with E-state index in [-0.39, 0.29) is 6.61 Å². The Morgan fingerprint density at radius 3 is 2.61 bits per heavy atom. The first-order valence-electron chi connectivity index (χ1n) is 6.56. The van der Waals surface area contributed by atoms with Gasteiger partial charge in [0.15, 0.2) is 0 Å². The minimum absolute atomic E-state index is 0.119. The second kappa shape index (κ2) is 8.74. The molecule has 0 heterocycles. The molecule has 0 saturated heterocycles. The Morgan fingerprint density at radius 1 is 1.28 bits per heavy atom. The van der Waals surface area contributed by atoms with Gasteiger partial charge < -0.3 is 9.84 Å². The Labute approximate surface area is 110 Å². The molecule has 1 aromatic carbocycles. The lowest BCUT2D eigenvalue weighted by molar-refractivity contribution is 0.0472. The van der Waals surface area contributed by atoms with Crippen molar-refractivity contribution in [3.05, 3.63) is 35.4 Å². The predicted octanol–water partition coefficient (Wildman–Crippen LogP) is 3.13. The largest absolute Gasteiger partial charge is 0.395 e. The van der Waals surface area contributed by atoms with Crippen molar-refractivity contribution >= 4 is 0 Å². The van der Waals surface area contributed by atoms with Gasteiger partial charge in [0.25, 0.3) is 0 Å². The molecule has 0 aliphatic rings. The Balaban J connectivity index is 2.43. The van der Waals surface area contributed by atoms with Crippen LogP contribution in [0, 0.1) is 11.8 Å². The fourth-order valence-electron chi connectivity index (χ4n) is 1.63. The quantitative estimate of drug-likeness (QED) is 0.781. The summed E-state index contributed by atoms with van der Waals surface area (Å²) < 4.78 is 5.74. The number of benzene rings is 1. The maximum absolute atomic E-state index is 8.63. The van der Waals surface area contributed by atoms with Gasteiger partial charge in [0.1, 0.15) is 0 Å². The molecule has 1 rings (SSSR count). The highest BCUT2D eigenvalue weighted by atomic mass is 16.5. The van der Waals surface area contributed by atoms with Crippen molar-refractivity contribution in [1.82, 2.24) is 0 Å². The molecule has 0 aromatic heterocycles. The molecule has 0 radical (unpaired) electrons. The van der Waals surface area contributed by atoms with Crippen LogP contribution in [0.4, 0.5) is 0 Å². The van der Waals surface area contributed by atoms with Gasteiger partial charge in [0.05, 0.1) is 19.3 Å². The lowest BCUT2D eigenvalue weighted by Gasteiger charge is -2.11. The minimum atomic E-state index is 0.119. The van der Waals surface area contributed by atoms with E-state index in [0.717, 1.165) is 18.4 Å². The maximum Gasteiger partial charge on any atom is 0.0720 e. The Bertz CT molecular complexity index is 384. The summed E-state index contributed by atoms with van der Waals surface area (Å²) >= 11 is 0. The molecule has 0 spiro atoms. The standard InChI is InChI=1S/C16H22O2/c1-3-6-14(2)18-13-16-10-8-15(9-11-16)7-4-5-12-17/h8-11,14,17H,3,5-6,12-13H2,1-2H3. The molecule has 0 bridgehead atoms. The van der Waals surface area contributed by atoms with Gasteiger partial charge in [-0.3, -0.25) is 0 Å². The monoisotopic (exact) mass is 246 g/mol. The predicted molar refractivity (Wildman–Crippen MR) is 74.2 cm³/mol. The van der Waals surface area contributed by atoms with Crippen LogP contribution < -0.4 is 0 Å². The lowest BCUT2D eigenvalue weighted by atomic mass is 10.1. The highest BCUT2D eigenvalue weighted by Gasteiger charge is 2.00. The number of aliphatic hydroxyl groups is 1. The third-order valence-electron chi connectivity index (χ3n) is 2.65. The number of hydrogen-bond acceptors (Lipinski definition) is 2. The zero-order valence-electron chi connectivity index (χ0n) is 11.3. The van der Waals surface area contributed by atoms with Crippen LogP contribution in [-0.4, -0.2) is 17.8 Å². The molecule has 1 unspecified atom stereocenters. The van der Waals surface area contributed by atoms with E-state index in [4.69, 9.17) is 9.84 Å². The molecule has 0 aliphatic carbocycles. The molecule has 1 aromatic rings. The molecule has 0 saturated carbocycles. The summed E-state index contributed by atoms with van der Waals surface area (Å²) in [7, 11) is 0. The van der Waals surface area contributed by atoms with E-state index in [2.05, 4.69) is 25.7 Å². The molecule has 18 heavy (non-hydrogen) atoms. The summed E-state index contributed by atoms with van der Waals surface area (Å²) in [6.45, 7) is 5.05. The van der Waals surface area contributed by atoms with Gasteiger partial charge in [-0.15, -0.1) is 0 Å². The van der Waals surface area contributed by atoms with E-state index in [1.54, 1.807) is 0 Å². The summed E-state index contributed by atoms with van der Waals surface area (Å²) in [5.41, 5.74) is 2.15. The van der Waals surface area contributed by atoms with Crippen molar-refractivity contribution < 1.29 is 9.84 Å². The molecule has 0 fully saturated rings. The molecular weight excluding hydrogens is 224 g/mol. The third-order valence-corrected chi connectivity index (χ3v) is 2.65. The van der Waals surface area contributed by atoms with Gasteiger partial charge in [0, 0.05) is 12.0 Å². The van der Waals surface area contributed by atoms with E-state index in [1.165, 1.54) is 5.56 Å². The third kappa shape index (κ3) is 5.86. The smallest absolute Gasteiger partial charge is 0.0720 e. The molecule has 2 heteroatoms. The summed E-state index contributed by atoms with van der Waals surface area (Å²) in [6, 6.07) is 8.07. The molecule has 0 amide bonds. The normalized spacial score (nSPS) is 11.7. The first-order valence-corrected chi connectivity index (χ1v) is 6.56. The maximum atomic E-state index is 8.63. The molecular formula is C16H22O2. The van der Waals surface area contributed by atoms with Crippen LogP contribution in [-0.2, 0) is 11.3 Å². The second-order valence-electron chi connectivity index (χ2n) is 4.38. The van der Waals surface area contributed by atoms with Gasteiger partial charge in [-0.05, 0) is 31.0 Å². The van der Waals surface area contributed by atoms with E-state index in [0.29, 0.717) is 19.1 Å². The van der Waals surface area contributed by atoms with Crippen LogP contribution in [0.1, 0.15) is 44.2 Å². The van der Waals surface area contributed by atoms with Crippen molar-refractivity contribution in [2.45, 2.75) is 45.8 Å². The molecule has 98 valence electrons. The summed E-state index contributed by atoms with van der Waals surface area (Å²) in [4.78, 5) is 0. The van der Waals surface area contributed by atoms with Gasteiger partial charge in [-0.25, -0.2) is 0 Å². The first kappa shape index (κ1) is 14.8. The van der Waals surface area contributed by atoms with Gasteiger partial charge in [-0.2, -0.15) is 0 Å². The summed E-state index contributed by atoms with van der Waals surface area (Å²) in [5, 5.41) is 8.63. The number of aliphatic hydroxyl groups excluding tert-OH is 1. The summed E-state index contributed by atoms with van der Waals surface area (Å²) in [6.07, 6.45) is 3.10. The number of rotatable bonds is 6. The van der Waals surface area contributed by atoms with Crippen LogP contribution in [0.25, 0.3) is 0 Å². The van der Waals surface area contributed by atoms with Crippen LogP contribution in [0.2, 0.25) is 0 Å². The number of ether oxygens (including phenoxy) is 1. The number of hydrogen-bond donors (Lipinski definition) is 1. The average Bonchev–Trinajstić information content (AvgIpc) is 2.38. The van der Waals surface area contributed by atoms with Crippen molar-refractivity contribution in [1.29, 1.82) is 0 Å². The van der Waals surface area contributed by atoms with Crippen LogP contribution in [0.5, 0.6) is 0 Å². The Morgan fingerprint density at radius 2 is 2.00 bits per heavy atom. The summed E-state index contributed by atoms with van der Waals surface area (Å²) in [5.74, 6) is 5.91. The average molecular weight is 246 g/mol. The SMILES string of the molecule is CCCC(C)OCc1ccc(C#CCCO)cc1. The van der Waals surface area contributed by atoms with Crippen LogP contribution in [0.15, 0.2) is 24.3 Å². The van der Waals surface area contributed by atoms with Crippen LogP contribution >= 0.6 is 0 Å². The zero-order valence-corrected chi connectivity index (χ0v) is 11.3. The highest BCUT2D eigenvalue weighted by molar-refractivity contribution is 5.35. The van der Waals surface area contributed by atoms with E-state index < -0.39 is 0 Å². The molecule has 2 nitrogen and oxygen atoms in total. The van der Waals surface area contributed by atoms with E-state index in [9.17, 15) is 0 Å². The molecule has 0 aliphatic heterocycles. The van der Waals surface area contributed by atoms with Crippen molar-refractivity contribution in [3.63, 3.8) is 0 Å². The van der Waals surface area contributed by atoms with E-state index >= 15 is 0 Å². The fraction of sp³-hybridized carbons (Fsp3) is 0.500. The molecule has 1 atom stereocenters. The minimum Gasteiger partial charge on any atom is -0.395 e. The molecule has 1 N–H and O–H groups in total. The zero-order chi connectivity index (χ0) is 13.2. The van der Waals surface area contributed by atoms with Crippen molar-refractivity contribution in [3.8, 4) is 11.8 Å².